The zero-order valence-corrected chi connectivity index (χ0v) is 11.2. The van der Waals surface area contributed by atoms with E-state index in [0.717, 1.165) is 23.9 Å². The highest BCUT2D eigenvalue weighted by molar-refractivity contribution is 8.00. The van der Waals surface area contributed by atoms with Crippen LogP contribution in [0.1, 0.15) is 18.8 Å². The van der Waals surface area contributed by atoms with Gasteiger partial charge in [-0.1, -0.05) is 5.21 Å². The lowest BCUT2D eigenvalue weighted by molar-refractivity contribution is -0.119. The molecule has 2 rings (SSSR count). The molecule has 0 saturated heterocycles. The van der Waals surface area contributed by atoms with Gasteiger partial charge in [-0.25, -0.2) is 8.78 Å². The summed E-state index contributed by atoms with van der Waals surface area (Å²) < 4.78 is 25.7. The molecule has 0 aliphatic rings. The number of thioether (sulfide) groups is 1. The Morgan fingerprint density at radius 2 is 2.25 bits per heavy atom. The van der Waals surface area contributed by atoms with Gasteiger partial charge in [-0.3, -0.25) is 4.79 Å². The van der Waals surface area contributed by atoms with Crippen molar-refractivity contribution >= 4 is 17.7 Å². The lowest BCUT2D eigenvalue weighted by atomic mass is 10.3. The topological polar surface area (TPSA) is 83.6 Å². The minimum Gasteiger partial charge on any atom is -0.345 e. The van der Waals surface area contributed by atoms with Crippen LogP contribution in [0.5, 0.6) is 0 Å². The fraction of sp³-hybridized carbons (Fsp3) is 0.273. The summed E-state index contributed by atoms with van der Waals surface area (Å²) in [5.74, 6) is -1.67. The van der Waals surface area contributed by atoms with Crippen molar-refractivity contribution in [3.63, 3.8) is 0 Å². The van der Waals surface area contributed by atoms with E-state index in [4.69, 9.17) is 0 Å². The average Bonchev–Trinajstić information content (AvgIpc) is 2.94. The van der Waals surface area contributed by atoms with E-state index in [1.807, 2.05) is 0 Å². The number of nitrogens with one attached hydrogen (secondary N) is 2. The van der Waals surface area contributed by atoms with E-state index in [2.05, 4.69) is 25.9 Å². The molecule has 1 aromatic carbocycles. The second-order valence-electron chi connectivity index (χ2n) is 3.92. The van der Waals surface area contributed by atoms with E-state index in [9.17, 15) is 13.6 Å². The van der Waals surface area contributed by atoms with Gasteiger partial charge in [-0.15, -0.1) is 22.0 Å². The summed E-state index contributed by atoms with van der Waals surface area (Å²) in [6.07, 6.45) is 0. The number of aromatic amines is 1. The molecular weight excluding hydrogens is 288 g/mol. The van der Waals surface area contributed by atoms with E-state index < -0.39 is 11.6 Å². The van der Waals surface area contributed by atoms with Crippen molar-refractivity contribution in [2.24, 2.45) is 0 Å². The zero-order valence-electron chi connectivity index (χ0n) is 10.4. The van der Waals surface area contributed by atoms with Crippen LogP contribution in [-0.2, 0) is 4.79 Å². The van der Waals surface area contributed by atoms with Crippen LogP contribution in [0.4, 0.5) is 8.78 Å². The van der Waals surface area contributed by atoms with Crippen LogP contribution in [0, 0.1) is 11.6 Å². The van der Waals surface area contributed by atoms with Crippen molar-refractivity contribution in [2.75, 3.05) is 5.75 Å². The number of tetrazole rings is 1. The number of nitrogens with zero attached hydrogens (tertiary/aromatic N) is 3. The molecule has 0 fully saturated rings. The van der Waals surface area contributed by atoms with Crippen molar-refractivity contribution < 1.29 is 13.6 Å². The number of carbonyl (C=O) groups excluding carboxylic acids is 1. The Bertz CT molecular complexity index is 593. The van der Waals surface area contributed by atoms with Crippen molar-refractivity contribution in [2.45, 2.75) is 17.9 Å². The first-order valence-electron chi connectivity index (χ1n) is 5.67. The summed E-state index contributed by atoms with van der Waals surface area (Å²) in [6.45, 7) is 1.71. The summed E-state index contributed by atoms with van der Waals surface area (Å²) in [5.41, 5.74) is 0. The summed E-state index contributed by atoms with van der Waals surface area (Å²) in [7, 11) is 0. The van der Waals surface area contributed by atoms with E-state index in [0.29, 0.717) is 10.7 Å². The van der Waals surface area contributed by atoms with Crippen molar-refractivity contribution in [3.05, 3.63) is 35.7 Å². The summed E-state index contributed by atoms with van der Waals surface area (Å²) in [4.78, 5) is 12.2. The summed E-state index contributed by atoms with van der Waals surface area (Å²) in [5, 5.41) is 15.8. The molecule has 0 radical (unpaired) electrons. The van der Waals surface area contributed by atoms with Gasteiger partial charge in [-0.2, -0.15) is 5.21 Å². The number of aromatic nitrogens is 4. The van der Waals surface area contributed by atoms with E-state index >= 15 is 0 Å². The number of halogens is 2. The molecule has 6 nitrogen and oxygen atoms in total. The highest BCUT2D eigenvalue weighted by Gasteiger charge is 2.13. The second-order valence-corrected chi connectivity index (χ2v) is 4.97. The molecule has 106 valence electrons. The molecule has 0 bridgehead atoms. The predicted octanol–water partition coefficient (Wildman–Crippen LogP) is 1.45. The number of hydrogen-bond acceptors (Lipinski definition) is 5. The third-order valence-electron chi connectivity index (χ3n) is 2.39. The standard InChI is InChI=1S/C11H11F2N5OS/c1-6(11-15-17-18-16-11)14-10(19)5-20-7-2-3-8(12)9(13)4-7/h2-4,6H,5H2,1H3,(H,14,19)(H,15,16,17,18). The minimum absolute atomic E-state index is 0.0767. The molecule has 1 aromatic heterocycles. The third-order valence-corrected chi connectivity index (χ3v) is 3.38. The first-order valence-corrected chi connectivity index (χ1v) is 6.65. The Kier molecular flexibility index (Phi) is 4.61. The van der Waals surface area contributed by atoms with Crippen LogP contribution < -0.4 is 5.32 Å². The van der Waals surface area contributed by atoms with Crippen LogP contribution in [0.15, 0.2) is 23.1 Å². The quantitative estimate of drug-likeness (QED) is 0.816. The highest BCUT2D eigenvalue weighted by Crippen LogP contribution is 2.20. The van der Waals surface area contributed by atoms with Gasteiger partial charge in [0.25, 0.3) is 0 Å². The van der Waals surface area contributed by atoms with E-state index in [-0.39, 0.29) is 17.7 Å². The maximum Gasteiger partial charge on any atom is 0.230 e. The number of amides is 1. The minimum atomic E-state index is -0.935. The molecule has 1 atom stereocenters. The lowest BCUT2D eigenvalue weighted by Gasteiger charge is -2.09. The Labute approximate surface area is 117 Å². The van der Waals surface area contributed by atoms with Gasteiger partial charge in [0.05, 0.1) is 11.8 Å². The number of benzene rings is 1. The first-order chi connectivity index (χ1) is 9.56. The smallest absolute Gasteiger partial charge is 0.230 e. The Morgan fingerprint density at radius 3 is 2.90 bits per heavy atom. The van der Waals surface area contributed by atoms with E-state index in [1.165, 1.54) is 6.07 Å². The maximum absolute atomic E-state index is 13.0. The Hall–Kier alpha value is -2.03. The molecule has 1 heterocycles. The lowest BCUT2D eigenvalue weighted by Crippen LogP contribution is -2.28. The summed E-state index contributed by atoms with van der Waals surface area (Å²) >= 11 is 1.11. The second kappa shape index (κ2) is 6.42. The number of rotatable bonds is 5. The van der Waals surface area contributed by atoms with Gasteiger partial charge in [0.15, 0.2) is 17.5 Å². The molecule has 0 saturated carbocycles. The molecule has 9 heteroatoms. The van der Waals surface area contributed by atoms with Gasteiger partial charge in [0.1, 0.15) is 0 Å². The van der Waals surface area contributed by atoms with Crippen molar-refractivity contribution in [1.29, 1.82) is 0 Å². The largest absolute Gasteiger partial charge is 0.345 e. The zero-order chi connectivity index (χ0) is 14.5. The SMILES string of the molecule is CC(NC(=O)CSc1ccc(F)c(F)c1)c1nn[nH]n1. The van der Waals surface area contributed by atoms with Crippen LogP contribution in [0.25, 0.3) is 0 Å². The number of H-pyrrole nitrogens is 1. The van der Waals surface area contributed by atoms with Gasteiger partial charge in [-0.05, 0) is 25.1 Å². The number of hydrogen-bond donors (Lipinski definition) is 2. The van der Waals surface area contributed by atoms with Crippen molar-refractivity contribution in [3.8, 4) is 0 Å². The number of carbonyl (C=O) groups is 1. The molecule has 0 aliphatic heterocycles. The molecule has 20 heavy (non-hydrogen) atoms. The fourth-order valence-corrected chi connectivity index (χ4v) is 2.15. The Balaban J connectivity index is 1.84. The Morgan fingerprint density at radius 1 is 1.45 bits per heavy atom. The molecule has 0 aliphatic carbocycles. The molecular formula is C11H11F2N5OS. The van der Waals surface area contributed by atoms with Crippen molar-refractivity contribution in [1.82, 2.24) is 25.9 Å². The molecule has 0 spiro atoms. The first kappa shape index (κ1) is 14.4. The van der Waals surface area contributed by atoms with Gasteiger partial charge < -0.3 is 5.32 Å². The molecule has 1 amide bonds. The van der Waals surface area contributed by atoms with Gasteiger partial charge in [0, 0.05) is 4.90 Å². The third kappa shape index (κ3) is 3.73. The van der Waals surface area contributed by atoms with Crippen LogP contribution in [0.2, 0.25) is 0 Å². The highest BCUT2D eigenvalue weighted by atomic mass is 32.2. The predicted molar refractivity (Wildman–Crippen MR) is 67.8 cm³/mol. The van der Waals surface area contributed by atoms with Crippen LogP contribution in [-0.4, -0.2) is 32.3 Å². The van der Waals surface area contributed by atoms with Crippen LogP contribution in [0.3, 0.4) is 0 Å². The van der Waals surface area contributed by atoms with E-state index in [1.54, 1.807) is 6.92 Å². The van der Waals surface area contributed by atoms with Crippen LogP contribution >= 0.6 is 11.8 Å². The fourth-order valence-electron chi connectivity index (χ4n) is 1.42. The normalized spacial score (nSPS) is 12.2. The molecule has 2 aromatic rings. The molecule has 1 unspecified atom stereocenters. The van der Waals surface area contributed by atoms with Gasteiger partial charge in [0.2, 0.25) is 5.91 Å². The summed E-state index contributed by atoms with van der Waals surface area (Å²) in [6, 6.07) is 3.11. The average molecular weight is 299 g/mol. The van der Waals surface area contributed by atoms with Gasteiger partial charge >= 0.3 is 0 Å². The molecule has 2 N–H and O–H groups in total. The monoisotopic (exact) mass is 299 g/mol. The maximum atomic E-state index is 13.0.